The average Bonchev–Trinajstić information content (AvgIpc) is 3.07. The molecule has 3 rings (SSSR count). The second-order valence-corrected chi connectivity index (χ2v) is 5.35. The summed E-state index contributed by atoms with van der Waals surface area (Å²) in [4.78, 5) is 28.8. The van der Waals surface area contributed by atoms with Crippen molar-refractivity contribution < 1.29 is 19.4 Å². The fourth-order valence-corrected chi connectivity index (χ4v) is 2.39. The third kappa shape index (κ3) is 3.72. The Balaban J connectivity index is 1.73. The van der Waals surface area contributed by atoms with Gasteiger partial charge in [-0.05, 0) is 25.0 Å². The van der Waals surface area contributed by atoms with Gasteiger partial charge in [0.2, 0.25) is 5.95 Å². The second kappa shape index (κ2) is 7.14. The number of para-hydroxylation sites is 2. The molecule has 0 saturated carbocycles. The fraction of sp³-hybridized carbons (Fsp3) is 0.312. The summed E-state index contributed by atoms with van der Waals surface area (Å²) in [6.07, 6.45) is 3.11. The molecule has 1 aromatic heterocycles. The molecule has 1 unspecified atom stereocenters. The van der Waals surface area contributed by atoms with Crippen molar-refractivity contribution in [2.75, 3.05) is 18.5 Å². The lowest BCUT2D eigenvalue weighted by Gasteiger charge is -2.15. The fourth-order valence-electron chi connectivity index (χ4n) is 2.39. The number of aromatic nitrogens is 2. The second-order valence-electron chi connectivity index (χ2n) is 5.35. The Hall–Kier alpha value is -2.87. The van der Waals surface area contributed by atoms with E-state index < -0.39 is 17.1 Å². The Bertz CT molecular complexity index is 783. The molecule has 2 aromatic rings. The molecule has 126 valence electrons. The van der Waals surface area contributed by atoms with Gasteiger partial charge in [0.05, 0.1) is 18.0 Å². The lowest BCUT2D eigenvalue weighted by atomic mass is 10.2. The molecule has 1 aliphatic heterocycles. The Morgan fingerprint density at radius 2 is 2.29 bits per heavy atom. The smallest absolute Gasteiger partial charge is 0.342 e. The van der Waals surface area contributed by atoms with Crippen LogP contribution in [0, 0.1) is 0 Å². The first-order valence-electron chi connectivity index (χ1n) is 7.56. The predicted octanol–water partition coefficient (Wildman–Crippen LogP) is 1.77. The van der Waals surface area contributed by atoms with Crippen LogP contribution in [0.15, 0.2) is 35.3 Å². The minimum absolute atomic E-state index is 0.0887. The van der Waals surface area contributed by atoms with Crippen molar-refractivity contribution >= 4 is 17.6 Å². The third-order valence-corrected chi connectivity index (χ3v) is 3.62. The Morgan fingerprint density at radius 3 is 3.00 bits per heavy atom. The first-order valence-corrected chi connectivity index (χ1v) is 7.56. The van der Waals surface area contributed by atoms with E-state index >= 15 is 0 Å². The van der Waals surface area contributed by atoms with Gasteiger partial charge in [-0.15, -0.1) is 0 Å². The van der Waals surface area contributed by atoms with E-state index in [2.05, 4.69) is 15.3 Å². The molecule has 1 saturated heterocycles. The Kier molecular flexibility index (Phi) is 4.76. The lowest BCUT2D eigenvalue weighted by molar-refractivity contribution is 0.0682. The first kappa shape index (κ1) is 16.0. The summed E-state index contributed by atoms with van der Waals surface area (Å²) in [5, 5.41) is 11.8. The normalized spacial score (nSPS) is 16.8. The van der Waals surface area contributed by atoms with Gasteiger partial charge in [-0.1, -0.05) is 12.1 Å². The Morgan fingerprint density at radius 1 is 1.46 bits per heavy atom. The molecular formula is C16H17N3O5. The number of hydrogen-bond donors (Lipinski definition) is 3. The topological polar surface area (TPSA) is 114 Å². The summed E-state index contributed by atoms with van der Waals surface area (Å²) in [6.45, 7) is 1.20. The standard InChI is InChI=1S/C16H17N3O5/c20-14-11(15(21)22)8-17-16(19-14)18-12-5-1-2-6-13(12)24-9-10-4-3-7-23-10/h1-2,5-6,8,10H,3-4,7,9H2,(H,21,22)(H2,17,18,19,20). The maximum atomic E-state index is 11.7. The van der Waals surface area contributed by atoms with Crippen LogP contribution in [0.3, 0.4) is 0 Å². The van der Waals surface area contributed by atoms with Crippen molar-refractivity contribution in [1.82, 2.24) is 9.97 Å². The number of hydrogen-bond acceptors (Lipinski definition) is 6. The van der Waals surface area contributed by atoms with Crippen molar-refractivity contribution in [3.05, 3.63) is 46.4 Å². The van der Waals surface area contributed by atoms with Gasteiger partial charge < -0.3 is 19.9 Å². The zero-order chi connectivity index (χ0) is 16.9. The summed E-state index contributed by atoms with van der Waals surface area (Å²) in [6, 6.07) is 7.21. The van der Waals surface area contributed by atoms with Gasteiger partial charge >= 0.3 is 5.97 Å². The molecule has 1 aromatic carbocycles. The molecule has 1 atom stereocenters. The zero-order valence-corrected chi connectivity index (χ0v) is 12.8. The zero-order valence-electron chi connectivity index (χ0n) is 12.8. The number of nitrogens with one attached hydrogen (secondary N) is 2. The van der Waals surface area contributed by atoms with Gasteiger partial charge in [0.15, 0.2) is 0 Å². The highest BCUT2D eigenvalue weighted by Gasteiger charge is 2.17. The van der Waals surface area contributed by atoms with E-state index in [1.807, 2.05) is 12.1 Å². The van der Waals surface area contributed by atoms with Gasteiger partial charge in [0.1, 0.15) is 17.9 Å². The maximum Gasteiger partial charge on any atom is 0.342 e. The predicted molar refractivity (Wildman–Crippen MR) is 86.0 cm³/mol. The van der Waals surface area contributed by atoms with Crippen molar-refractivity contribution in [3.63, 3.8) is 0 Å². The number of rotatable bonds is 6. The molecular weight excluding hydrogens is 314 g/mol. The van der Waals surface area contributed by atoms with Crippen LogP contribution in [0.2, 0.25) is 0 Å². The van der Waals surface area contributed by atoms with Crippen LogP contribution < -0.4 is 15.6 Å². The van der Waals surface area contributed by atoms with Crippen molar-refractivity contribution in [2.45, 2.75) is 18.9 Å². The van der Waals surface area contributed by atoms with E-state index in [1.165, 1.54) is 0 Å². The van der Waals surface area contributed by atoms with Crippen LogP contribution in [0.4, 0.5) is 11.6 Å². The van der Waals surface area contributed by atoms with E-state index in [4.69, 9.17) is 14.6 Å². The molecule has 0 bridgehead atoms. The maximum absolute atomic E-state index is 11.7. The summed E-state index contributed by atoms with van der Waals surface area (Å²) >= 11 is 0. The molecule has 8 heteroatoms. The molecule has 3 N–H and O–H groups in total. The van der Waals surface area contributed by atoms with E-state index in [9.17, 15) is 9.59 Å². The Labute approximate surface area is 137 Å². The van der Waals surface area contributed by atoms with Gasteiger partial charge in [-0.2, -0.15) is 0 Å². The van der Waals surface area contributed by atoms with Crippen LogP contribution in [-0.2, 0) is 4.74 Å². The number of nitrogens with zero attached hydrogens (tertiary/aromatic N) is 1. The minimum atomic E-state index is -1.32. The minimum Gasteiger partial charge on any atom is -0.489 e. The molecule has 24 heavy (non-hydrogen) atoms. The molecule has 0 radical (unpaired) electrons. The van der Waals surface area contributed by atoms with Gasteiger partial charge in [0.25, 0.3) is 5.56 Å². The van der Waals surface area contributed by atoms with Crippen molar-refractivity contribution in [1.29, 1.82) is 0 Å². The SMILES string of the molecule is O=C(O)c1cnc(Nc2ccccc2OCC2CCCO2)[nH]c1=O. The quantitative estimate of drug-likeness (QED) is 0.739. The van der Waals surface area contributed by atoms with Crippen LogP contribution >= 0.6 is 0 Å². The largest absolute Gasteiger partial charge is 0.489 e. The van der Waals surface area contributed by atoms with Crippen molar-refractivity contribution in [3.8, 4) is 5.75 Å². The monoisotopic (exact) mass is 331 g/mol. The van der Waals surface area contributed by atoms with E-state index in [0.717, 1.165) is 25.6 Å². The average molecular weight is 331 g/mol. The highest BCUT2D eigenvalue weighted by Crippen LogP contribution is 2.26. The van der Waals surface area contributed by atoms with Gasteiger partial charge in [-0.3, -0.25) is 9.78 Å². The lowest BCUT2D eigenvalue weighted by Crippen LogP contribution is -2.19. The summed E-state index contributed by atoms with van der Waals surface area (Å²) in [5.41, 5.74) is -0.525. The van der Waals surface area contributed by atoms with Crippen molar-refractivity contribution in [2.24, 2.45) is 0 Å². The molecule has 0 amide bonds. The number of benzene rings is 1. The van der Waals surface area contributed by atoms with Crippen LogP contribution in [-0.4, -0.2) is 40.4 Å². The number of carboxylic acids is 1. The summed E-state index contributed by atoms with van der Waals surface area (Å²) in [7, 11) is 0. The number of carbonyl (C=O) groups is 1. The number of anilines is 2. The van der Waals surface area contributed by atoms with E-state index in [1.54, 1.807) is 12.1 Å². The van der Waals surface area contributed by atoms with E-state index in [0.29, 0.717) is 18.0 Å². The van der Waals surface area contributed by atoms with Crippen LogP contribution in [0.25, 0.3) is 0 Å². The van der Waals surface area contributed by atoms with Gasteiger partial charge in [-0.25, -0.2) is 9.78 Å². The number of aromatic amines is 1. The summed E-state index contributed by atoms with van der Waals surface area (Å²) in [5.74, 6) is -0.591. The van der Waals surface area contributed by atoms with E-state index in [-0.39, 0.29) is 12.1 Å². The first-order chi connectivity index (χ1) is 11.6. The number of H-pyrrole nitrogens is 1. The molecule has 0 aliphatic carbocycles. The molecule has 8 nitrogen and oxygen atoms in total. The number of ether oxygens (including phenoxy) is 2. The number of carboxylic acid groups (broad SMARTS) is 1. The molecule has 1 fully saturated rings. The summed E-state index contributed by atoms with van der Waals surface area (Å²) < 4.78 is 11.3. The highest BCUT2D eigenvalue weighted by molar-refractivity contribution is 5.86. The molecule has 0 spiro atoms. The van der Waals surface area contributed by atoms with Crippen LogP contribution in [0.5, 0.6) is 5.75 Å². The highest BCUT2D eigenvalue weighted by atomic mass is 16.5. The van der Waals surface area contributed by atoms with Gasteiger partial charge in [0, 0.05) is 6.61 Å². The third-order valence-electron chi connectivity index (χ3n) is 3.62. The molecule has 1 aliphatic rings. The van der Waals surface area contributed by atoms with Crippen LogP contribution in [0.1, 0.15) is 23.2 Å². The number of aromatic carboxylic acids is 1. The molecule has 2 heterocycles.